The monoisotopic (exact) mass is 283 g/mol. The maximum Gasteiger partial charge on any atom is 0.431 e. The van der Waals surface area contributed by atoms with Crippen LogP contribution in [-0.2, 0) is 12.6 Å². The molecule has 3 nitrogen and oxygen atoms in total. The van der Waals surface area contributed by atoms with Gasteiger partial charge >= 0.3 is 6.18 Å². The van der Waals surface area contributed by atoms with E-state index in [-0.39, 0.29) is 0 Å². The second-order valence-electron chi connectivity index (χ2n) is 5.22. The van der Waals surface area contributed by atoms with E-state index in [1.54, 1.807) is 6.07 Å². The highest BCUT2D eigenvalue weighted by Gasteiger charge is 2.33. The van der Waals surface area contributed by atoms with Crippen LogP contribution in [0.2, 0.25) is 0 Å². The lowest BCUT2D eigenvalue weighted by Gasteiger charge is -2.22. The third-order valence-corrected chi connectivity index (χ3v) is 3.70. The van der Waals surface area contributed by atoms with Crippen LogP contribution >= 0.6 is 0 Å². The SMILES string of the molecule is FC(F)(F)c1cccc2nc(CC3CCCCN3)cn12. The maximum absolute atomic E-state index is 12.9. The number of aromatic nitrogens is 2. The molecule has 0 radical (unpaired) electrons. The van der Waals surface area contributed by atoms with Gasteiger partial charge in [0, 0.05) is 18.7 Å². The lowest BCUT2D eigenvalue weighted by Crippen LogP contribution is -2.35. The van der Waals surface area contributed by atoms with Crippen molar-refractivity contribution in [3.63, 3.8) is 0 Å². The van der Waals surface area contributed by atoms with Crippen LogP contribution < -0.4 is 5.32 Å². The lowest BCUT2D eigenvalue weighted by molar-refractivity contribution is -0.142. The number of rotatable bonds is 2. The van der Waals surface area contributed by atoms with E-state index >= 15 is 0 Å². The first-order chi connectivity index (χ1) is 9.54. The van der Waals surface area contributed by atoms with Crippen molar-refractivity contribution in [1.29, 1.82) is 0 Å². The number of halogens is 3. The van der Waals surface area contributed by atoms with Crippen LogP contribution in [0.5, 0.6) is 0 Å². The first-order valence-electron chi connectivity index (χ1n) is 6.81. The summed E-state index contributed by atoms with van der Waals surface area (Å²) in [5.74, 6) is 0. The van der Waals surface area contributed by atoms with Crippen LogP contribution in [0.1, 0.15) is 30.7 Å². The normalized spacial score (nSPS) is 20.4. The molecule has 0 bridgehead atoms. The highest BCUT2D eigenvalue weighted by atomic mass is 19.4. The molecule has 0 saturated carbocycles. The topological polar surface area (TPSA) is 29.3 Å². The van der Waals surface area contributed by atoms with Gasteiger partial charge in [0.05, 0.1) is 5.69 Å². The van der Waals surface area contributed by atoms with Crippen LogP contribution in [0.15, 0.2) is 24.4 Å². The van der Waals surface area contributed by atoms with Gasteiger partial charge in [-0.05, 0) is 31.5 Å². The number of pyridine rings is 1. The highest BCUT2D eigenvalue weighted by Crippen LogP contribution is 2.29. The van der Waals surface area contributed by atoms with Gasteiger partial charge in [0.25, 0.3) is 0 Å². The van der Waals surface area contributed by atoms with E-state index in [0.29, 0.717) is 23.8 Å². The van der Waals surface area contributed by atoms with Gasteiger partial charge in [-0.25, -0.2) is 4.98 Å². The zero-order valence-corrected chi connectivity index (χ0v) is 11.0. The molecule has 1 saturated heterocycles. The number of hydrogen-bond acceptors (Lipinski definition) is 2. The maximum atomic E-state index is 12.9. The van der Waals surface area contributed by atoms with E-state index in [4.69, 9.17) is 0 Å². The predicted molar refractivity (Wildman–Crippen MR) is 69.5 cm³/mol. The van der Waals surface area contributed by atoms with E-state index in [1.807, 2.05) is 0 Å². The Balaban J connectivity index is 1.90. The standard InChI is InChI=1S/C14H16F3N3/c15-14(16,17)12-5-3-6-13-19-11(9-20(12)13)8-10-4-1-2-7-18-10/h3,5-6,9-10,18H,1-2,4,7-8H2. The number of piperidine rings is 1. The lowest BCUT2D eigenvalue weighted by atomic mass is 10.0. The Kier molecular flexibility index (Phi) is 3.41. The summed E-state index contributed by atoms with van der Waals surface area (Å²) in [6, 6.07) is 4.40. The zero-order chi connectivity index (χ0) is 14.2. The average molecular weight is 283 g/mol. The number of fused-ring (bicyclic) bond motifs is 1. The largest absolute Gasteiger partial charge is 0.431 e. The summed E-state index contributed by atoms with van der Waals surface area (Å²) in [5, 5.41) is 3.39. The number of nitrogens with one attached hydrogen (secondary N) is 1. The molecule has 1 aliphatic rings. The summed E-state index contributed by atoms with van der Waals surface area (Å²) in [6.07, 6.45) is 1.21. The molecule has 1 atom stereocenters. The van der Waals surface area contributed by atoms with Crippen molar-refractivity contribution in [2.75, 3.05) is 6.54 Å². The van der Waals surface area contributed by atoms with Crippen LogP contribution in [0.25, 0.3) is 5.65 Å². The minimum Gasteiger partial charge on any atom is -0.314 e. The molecule has 1 fully saturated rings. The van der Waals surface area contributed by atoms with Gasteiger partial charge in [0.1, 0.15) is 11.3 Å². The van der Waals surface area contributed by atoms with Gasteiger partial charge in [-0.15, -0.1) is 0 Å². The van der Waals surface area contributed by atoms with E-state index in [0.717, 1.165) is 23.4 Å². The molecule has 6 heteroatoms. The Morgan fingerprint density at radius 1 is 1.30 bits per heavy atom. The van der Waals surface area contributed by atoms with Crippen LogP contribution in [-0.4, -0.2) is 22.0 Å². The van der Waals surface area contributed by atoms with Gasteiger partial charge in [0.2, 0.25) is 0 Å². The molecule has 0 spiro atoms. The first kappa shape index (κ1) is 13.4. The number of alkyl halides is 3. The third kappa shape index (κ3) is 2.65. The molecular weight excluding hydrogens is 267 g/mol. The molecular formula is C14H16F3N3. The van der Waals surface area contributed by atoms with E-state index in [1.165, 1.54) is 25.1 Å². The quantitative estimate of drug-likeness (QED) is 0.918. The fourth-order valence-electron chi connectivity index (χ4n) is 2.74. The van der Waals surface area contributed by atoms with Crippen LogP contribution in [0.4, 0.5) is 13.2 Å². The van der Waals surface area contributed by atoms with Gasteiger partial charge in [-0.2, -0.15) is 13.2 Å². The Labute approximate surface area is 114 Å². The molecule has 1 unspecified atom stereocenters. The van der Waals surface area contributed by atoms with Crippen LogP contribution in [0, 0.1) is 0 Å². The van der Waals surface area contributed by atoms with Crippen molar-refractivity contribution >= 4 is 5.65 Å². The van der Waals surface area contributed by atoms with Crippen LogP contribution in [0.3, 0.4) is 0 Å². The second-order valence-corrected chi connectivity index (χ2v) is 5.22. The smallest absolute Gasteiger partial charge is 0.314 e. The summed E-state index contributed by atoms with van der Waals surface area (Å²) in [6.45, 7) is 0.978. The van der Waals surface area contributed by atoms with E-state index in [2.05, 4.69) is 10.3 Å². The van der Waals surface area contributed by atoms with Gasteiger partial charge in [-0.1, -0.05) is 12.5 Å². The minimum atomic E-state index is -4.36. The number of hydrogen-bond donors (Lipinski definition) is 1. The summed E-state index contributed by atoms with van der Waals surface area (Å²) >= 11 is 0. The van der Waals surface area contributed by atoms with Gasteiger partial charge < -0.3 is 5.32 Å². The third-order valence-electron chi connectivity index (χ3n) is 3.70. The first-order valence-corrected chi connectivity index (χ1v) is 6.81. The van der Waals surface area contributed by atoms with Crippen molar-refractivity contribution in [2.24, 2.45) is 0 Å². The molecule has 0 aliphatic carbocycles. The Bertz CT molecular complexity index is 597. The molecule has 0 aromatic carbocycles. The van der Waals surface area contributed by atoms with Crippen molar-refractivity contribution < 1.29 is 13.2 Å². The fraction of sp³-hybridized carbons (Fsp3) is 0.500. The van der Waals surface area contributed by atoms with Gasteiger partial charge in [0.15, 0.2) is 0 Å². The Morgan fingerprint density at radius 3 is 2.85 bits per heavy atom. The van der Waals surface area contributed by atoms with Crippen molar-refractivity contribution in [3.05, 3.63) is 35.8 Å². The van der Waals surface area contributed by atoms with Crippen molar-refractivity contribution in [2.45, 2.75) is 37.9 Å². The highest BCUT2D eigenvalue weighted by molar-refractivity contribution is 5.42. The molecule has 3 heterocycles. The van der Waals surface area contributed by atoms with Crippen molar-refractivity contribution in [3.8, 4) is 0 Å². The van der Waals surface area contributed by atoms with E-state index < -0.39 is 11.9 Å². The zero-order valence-electron chi connectivity index (χ0n) is 11.0. The molecule has 3 rings (SSSR count). The molecule has 0 amide bonds. The Hall–Kier alpha value is -1.56. The van der Waals surface area contributed by atoms with Crippen molar-refractivity contribution in [1.82, 2.24) is 14.7 Å². The number of imidazole rings is 1. The number of nitrogens with zero attached hydrogens (tertiary/aromatic N) is 2. The predicted octanol–water partition coefficient (Wildman–Crippen LogP) is 3.04. The molecule has 20 heavy (non-hydrogen) atoms. The summed E-state index contributed by atoms with van der Waals surface area (Å²) < 4.78 is 39.9. The average Bonchev–Trinajstić information content (AvgIpc) is 2.80. The van der Waals surface area contributed by atoms with E-state index in [9.17, 15) is 13.2 Å². The summed E-state index contributed by atoms with van der Waals surface area (Å²) in [5.41, 5.74) is 0.386. The summed E-state index contributed by atoms with van der Waals surface area (Å²) in [4.78, 5) is 4.30. The Morgan fingerprint density at radius 2 is 2.15 bits per heavy atom. The van der Waals surface area contributed by atoms with Gasteiger partial charge in [-0.3, -0.25) is 4.40 Å². The molecule has 1 aliphatic heterocycles. The molecule has 108 valence electrons. The second kappa shape index (κ2) is 5.09. The molecule has 2 aromatic rings. The summed E-state index contributed by atoms with van der Waals surface area (Å²) in [7, 11) is 0. The minimum absolute atomic E-state index is 0.322. The molecule has 1 N–H and O–H groups in total. The fourth-order valence-corrected chi connectivity index (χ4v) is 2.74. The molecule has 2 aromatic heterocycles.